The molecule has 0 aromatic heterocycles. The number of amides is 1. The summed E-state index contributed by atoms with van der Waals surface area (Å²) in [6.07, 6.45) is 1.04. The predicted octanol–water partition coefficient (Wildman–Crippen LogP) is 4.25. The van der Waals surface area contributed by atoms with Crippen LogP contribution in [0, 0.1) is 0 Å². The second-order valence-corrected chi connectivity index (χ2v) is 9.57. The topological polar surface area (TPSA) is 75.7 Å². The minimum Gasteiger partial charge on any atom is -0.495 e. The summed E-state index contributed by atoms with van der Waals surface area (Å²) in [7, 11) is -2.37. The van der Waals surface area contributed by atoms with Crippen LogP contribution in [0.4, 0.5) is 11.4 Å². The zero-order valence-electron chi connectivity index (χ0n) is 16.1. The Morgan fingerprint density at radius 2 is 1.96 bits per heavy atom. The molecular weight excluding hydrogens is 420 g/mol. The number of nitrogens with zero attached hydrogens (tertiary/aromatic N) is 1. The van der Waals surface area contributed by atoms with Crippen LogP contribution < -0.4 is 14.4 Å². The van der Waals surface area contributed by atoms with E-state index in [1.807, 2.05) is 25.1 Å². The molecule has 9 heteroatoms. The third-order valence-electron chi connectivity index (χ3n) is 3.91. The zero-order valence-corrected chi connectivity index (χ0v) is 18.5. The molecule has 0 saturated carbocycles. The largest absolute Gasteiger partial charge is 0.495 e. The van der Waals surface area contributed by atoms with Crippen molar-refractivity contribution in [1.29, 1.82) is 0 Å². The highest BCUT2D eigenvalue weighted by Gasteiger charge is 2.31. The maximum absolute atomic E-state index is 12.9. The van der Waals surface area contributed by atoms with Gasteiger partial charge < -0.3 is 10.1 Å². The number of para-hydroxylation sites is 1. The Morgan fingerprint density at radius 3 is 2.57 bits per heavy atom. The summed E-state index contributed by atoms with van der Waals surface area (Å²) in [5.41, 5.74) is 0.842. The molecule has 28 heavy (non-hydrogen) atoms. The van der Waals surface area contributed by atoms with Crippen LogP contribution in [-0.4, -0.2) is 39.5 Å². The van der Waals surface area contributed by atoms with E-state index in [9.17, 15) is 13.2 Å². The van der Waals surface area contributed by atoms with Gasteiger partial charge in [-0.05, 0) is 43.0 Å². The highest BCUT2D eigenvalue weighted by Crippen LogP contribution is 2.34. The second kappa shape index (κ2) is 9.54. The molecule has 2 aromatic rings. The molecule has 0 bridgehead atoms. The van der Waals surface area contributed by atoms with Gasteiger partial charge in [0.1, 0.15) is 11.8 Å². The smallest absolute Gasteiger partial charge is 0.248 e. The van der Waals surface area contributed by atoms with Gasteiger partial charge in [-0.15, -0.1) is 11.8 Å². The van der Waals surface area contributed by atoms with E-state index in [4.69, 9.17) is 16.3 Å². The number of nitrogens with one attached hydrogen (secondary N) is 1. The van der Waals surface area contributed by atoms with Crippen molar-refractivity contribution in [3.05, 3.63) is 47.5 Å². The number of carbonyl (C=O) groups is 1. The first-order valence-electron chi connectivity index (χ1n) is 8.54. The van der Waals surface area contributed by atoms with Crippen LogP contribution in [0.5, 0.6) is 5.75 Å². The molecule has 0 aliphatic rings. The molecule has 1 atom stereocenters. The lowest BCUT2D eigenvalue weighted by molar-refractivity contribution is -0.116. The van der Waals surface area contributed by atoms with Gasteiger partial charge in [-0.25, -0.2) is 8.42 Å². The molecule has 0 spiro atoms. The fourth-order valence-corrected chi connectivity index (χ4v) is 4.80. The van der Waals surface area contributed by atoms with Crippen molar-refractivity contribution in [3.63, 3.8) is 0 Å². The fourth-order valence-electron chi connectivity index (χ4n) is 2.70. The number of carbonyl (C=O) groups excluding carboxylic acids is 1. The quantitative estimate of drug-likeness (QED) is 0.618. The number of anilines is 2. The SMILES string of the molecule is CCSc1ccccc1NC(=O)[C@H](C)N(c1cc(Cl)ccc1OC)S(C)(=O)=O. The van der Waals surface area contributed by atoms with E-state index in [1.165, 1.54) is 20.1 Å². The normalized spacial score (nSPS) is 12.3. The van der Waals surface area contributed by atoms with Gasteiger partial charge in [-0.1, -0.05) is 30.7 Å². The molecule has 0 aliphatic carbocycles. The molecular formula is C19H23ClN2O4S2. The van der Waals surface area contributed by atoms with E-state index in [1.54, 1.807) is 30.0 Å². The lowest BCUT2D eigenvalue weighted by atomic mass is 10.2. The summed E-state index contributed by atoms with van der Waals surface area (Å²) in [6, 6.07) is 11.0. The Hall–Kier alpha value is -1.90. The molecule has 2 aromatic carbocycles. The first-order chi connectivity index (χ1) is 13.2. The van der Waals surface area contributed by atoms with Crippen molar-refractivity contribution >= 4 is 50.7 Å². The van der Waals surface area contributed by atoms with Gasteiger partial charge in [0, 0.05) is 9.92 Å². The standard InChI is InChI=1S/C19H23ClN2O4S2/c1-5-27-18-9-7-6-8-15(18)21-19(23)13(2)22(28(4,24)25)16-12-14(20)10-11-17(16)26-3/h6-13H,5H2,1-4H3,(H,21,23)/t13-/m0/s1. The Bertz CT molecular complexity index is 951. The van der Waals surface area contributed by atoms with Gasteiger partial charge in [0.05, 0.1) is 24.7 Å². The summed E-state index contributed by atoms with van der Waals surface area (Å²) in [6.45, 7) is 3.54. The number of hydrogen-bond donors (Lipinski definition) is 1. The molecule has 152 valence electrons. The highest BCUT2D eigenvalue weighted by atomic mass is 35.5. The number of ether oxygens (including phenoxy) is 1. The van der Waals surface area contributed by atoms with E-state index >= 15 is 0 Å². The summed E-state index contributed by atoms with van der Waals surface area (Å²) < 4.78 is 31.3. The number of thioether (sulfide) groups is 1. The van der Waals surface area contributed by atoms with Crippen LogP contribution in [0.3, 0.4) is 0 Å². The van der Waals surface area contributed by atoms with Crippen molar-refractivity contribution in [1.82, 2.24) is 0 Å². The first kappa shape index (κ1) is 22.4. The third-order valence-corrected chi connectivity index (χ3v) is 6.33. The molecule has 0 radical (unpaired) electrons. The minimum atomic E-state index is -3.80. The lowest BCUT2D eigenvalue weighted by Crippen LogP contribution is -2.45. The van der Waals surface area contributed by atoms with Gasteiger partial charge >= 0.3 is 0 Å². The van der Waals surface area contributed by atoms with E-state index in [-0.39, 0.29) is 5.69 Å². The molecule has 0 saturated heterocycles. The maximum Gasteiger partial charge on any atom is 0.248 e. The zero-order chi connectivity index (χ0) is 20.9. The predicted molar refractivity (Wildman–Crippen MR) is 116 cm³/mol. The molecule has 6 nitrogen and oxygen atoms in total. The molecule has 2 rings (SSSR count). The second-order valence-electron chi connectivity index (χ2n) is 5.97. The van der Waals surface area contributed by atoms with Gasteiger partial charge in [-0.2, -0.15) is 0 Å². The average Bonchev–Trinajstić information content (AvgIpc) is 2.62. The summed E-state index contributed by atoms with van der Waals surface area (Å²) in [5.74, 6) is 0.686. The van der Waals surface area contributed by atoms with Gasteiger partial charge in [-0.3, -0.25) is 9.10 Å². The summed E-state index contributed by atoms with van der Waals surface area (Å²) >= 11 is 7.65. The molecule has 1 N–H and O–H groups in total. The van der Waals surface area contributed by atoms with Crippen molar-refractivity contribution in [3.8, 4) is 5.75 Å². The van der Waals surface area contributed by atoms with Gasteiger partial charge in [0.15, 0.2) is 0 Å². The van der Waals surface area contributed by atoms with Crippen molar-refractivity contribution < 1.29 is 17.9 Å². The number of methoxy groups -OCH3 is 1. The van der Waals surface area contributed by atoms with Crippen molar-refractivity contribution in [2.75, 3.05) is 28.7 Å². The minimum absolute atomic E-state index is 0.205. The van der Waals surface area contributed by atoms with Crippen LogP contribution >= 0.6 is 23.4 Å². The van der Waals surface area contributed by atoms with Crippen LogP contribution in [-0.2, 0) is 14.8 Å². The lowest BCUT2D eigenvalue weighted by Gasteiger charge is -2.29. The molecule has 0 fully saturated rings. The van der Waals surface area contributed by atoms with E-state index in [0.29, 0.717) is 16.5 Å². The number of rotatable bonds is 8. The monoisotopic (exact) mass is 442 g/mol. The van der Waals surface area contributed by atoms with Gasteiger partial charge in [0.25, 0.3) is 0 Å². The number of benzene rings is 2. The first-order valence-corrected chi connectivity index (χ1v) is 11.8. The highest BCUT2D eigenvalue weighted by molar-refractivity contribution is 7.99. The van der Waals surface area contributed by atoms with E-state index < -0.39 is 22.0 Å². The van der Waals surface area contributed by atoms with Crippen LogP contribution in [0.25, 0.3) is 0 Å². The number of halogens is 1. The molecule has 0 heterocycles. The van der Waals surface area contributed by atoms with E-state index in [2.05, 4.69) is 5.32 Å². The van der Waals surface area contributed by atoms with Gasteiger partial charge in [0.2, 0.25) is 15.9 Å². The Morgan fingerprint density at radius 1 is 1.29 bits per heavy atom. The third kappa shape index (κ3) is 5.33. The number of hydrogen-bond acceptors (Lipinski definition) is 5. The van der Waals surface area contributed by atoms with Crippen molar-refractivity contribution in [2.24, 2.45) is 0 Å². The number of sulfonamides is 1. The summed E-state index contributed by atoms with van der Waals surface area (Å²) in [5, 5.41) is 3.16. The molecule has 0 unspecified atom stereocenters. The molecule has 1 amide bonds. The van der Waals surface area contributed by atoms with Crippen LogP contribution in [0.2, 0.25) is 5.02 Å². The van der Waals surface area contributed by atoms with Crippen molar-refractivity contribution in [2.45, 2.75) is 24.8 Å². The molecule has 0 aliphatic heterocycles. The fraction of sp³-hybridized carbons (Fsp3) is 0.316. The maximum atomic E-state index is 12.9. The van der Waals surface area contributed by atoms with Crippen LogP contribution in [0.15, 0.2) is 47.4 Å². The Balaban J connectivity index is 2.41. The Kier molecular flexibility index (Phi) is 7.63. The summed E-state index contributed by atoms with van der Waals surface area (Å²) in [4.78, 5) is 13.8. The van der Waals surface area contributed by atoms with E-state index in [0.717, 1.165) is 21.2 Å². The van der Waals surface area contributed by atoms with Crippen LogP contribution in [0.1, 0.15) is 13.8 Å². The Labute approximate surface area is 175 Å². The average molecular weight is 443 g/mol.